The van der Waals surface area contributed by atoms with E-state index in [-0.39, 0.29) is 10.8 Å². The molecular weight excluding hydrogens is 679 g/mol. The second kappa shape index (κ2) is 11.9. The summed E-state index contributed by atoms with van der Waals surface area (Å²) in [5.74, 6) is 0. The van der Waals surface area contributed by atoms with Gasteiger partial charge >= 0.3 is 0 Å². The van der Waals surface area contributed by atoms with E-state index in [2.05, 4.69) is 196 Å². The Hall–Kier alpha value is -6.64. The molecule has 0 spiro atoms. The van der Waals surface area contributed by atoms with E-state index in [1.54, 1.807) is 0 Å². The third-order valence-corrected chi connectivity index (χ3v) is 12.7. The number of nitrogens with zero attached hydrogens (tertiary/aromatic N) is 1. The highest BCUT2D eigenvalue weighted by atomic mass is 16.3. The predicted molar refractivity (Wildman–Crippen MR) is 234 cm³/mol. The van der Waals surface area contributed by atoms with Crippen LogP contribution in [0.2, 0.25) is 0 Å². The molecule has 2 aliphatic rings. The van der Waals surface area contributed by atoms with Crippen LogP contribution in [0.25, 0.3) is 66.4 Å². The number of hydrogen-bond acceptors (Lipinski definition) is 2. The Kier molecular flexibility index (Phi) is 6.98. The molecule has 2 nitrogen and oxygen atoms in total. The Labute approximate surface area is 328 Å². The van der Waals surface area contributed by atoms with Gasteiger partial charge in [-0.1, -0.05) is 155 Å². The molecule has 0 fully saturated rings. The highest BCUT2D eigenvalue weighted by Gasteiger charge is 2.38. The normalized spacial score (nSPS) is 14.4. The predicted octanol–water partition coefficient (Wildman–Crippen LogP) is 15.0. The second-order valence-corrected chi connectivity index (χ2v) is 16.5. The van der Waals surface area contributed by atoms with Crippen molar-refractivity contribution in [1.29, 1.82) is 0 Å². The summed E-state index contributed by atoms with van der Waals surface area (Å²) in [6.45, 7) is 9.43. The van der Waals surface area contributed by atoms with Crippen LogP contribution in [0.3, 0.4) is 0 Å². The summed E-state index contributed by atoms with van der Waals surface area (Å²) in [5.41, 5.74) is 20.7. The third-order valence-electron chi connectivity index (χ3n) is 12.7. The number of para-hydroxylation sites is 1. The Bertz CT molecular complexity index is 3030. The van der Waals surface area contributed by atoms with E-state index in [0.29, 0.717) is 0 Å². The minimum Gasteiger partial charge on any atom is -0.456 e. The Morgan fingerprint density at radius 1 is 0.375 bits per heavy atom. The number of hydrogen-bond donors (Lipinski definition) is 0. The maximum atomic E-state index is 6.15. The Morgan fingerprint density at radius 2 is 0.946 bits per heavy atom. The average Bonchev–Trinajstić information content (AvgIpc) is 3.81. The molecule has 2 aliphatic carbocycles. The van der Waals surface area contributed by atoms with E-state index in [0.717, 1.165) is 33.3 Å². The molecule has 268 valence electrons. The fourth-order valence-electron chi connectivity index (χ4n) is 9.87. The molecular formula is C54H41NO. The number of rotatable bonds is 5. The van der Waals surface area contributed by atoms with E-state index in [9.17, 15) is 0 Å². The largest absolute Gasteiger partial charge is 0.456 e. The van der Waals surface area contributed by atoms with Crippen LogP contribution in [-0.2, 0) is 10.8 Å². The van der Waals surface area contributed by atoms with Crippen LogP contribution in [0.1, 0.15) is 49.9 Å². The molecule has 0 saturated carbocycles. The van der Waals surface area contributed by atoms with Crippen LogP contribution in [-0.4, -0.2) is 0 Å². The summed E-state index contributed by atoms with van der Waals surface area (Å²) >= 11 is 0. The molecule has 0 saturated heterocycles. The number of benzene rings is 8. The molecule has 0 N–H and O–H groups in total. The van der Waals surface area contributed by atoms with E-state index < -0.39 is 0 Å². The van der Waals surface area contributed by atoms with Crippen molar-refractivity contribution in [3.63, 3.8) is 0 Å². The number of furan rings is 1. The van der Waals surface area contributed by atoms with Crippen LogP contribution in [0.4, 0.5) is 17.1 Å². The summed E-state index contributed by atoms with van der Waals surface area (Å²) < 4.78 is 6.15. The van der Waals surface area contributed by atoms with Gasteiger partial charge < -0.3 is 9.32 Å². The lowest BCUT2D eigenvalue weighted by atomic mass is 9.82. The highest BCUT2D eigenvalue weighted by molar-refractivity contribution is 6.06. The lowest BCUT2D eigenvalue weighted by molar-refractivity contribution is 0.660. The topological polar surface area (TPSA) is 16.4 Å². The molecule has 0 aliphatic heterocycles. The second-order valence-electron chi connectivity index (χ2n) is 16.5. The first-order chi connectivity index (χ1) is 27.3. The zero-order valence-corrected chi connectivity index (χ0v) is 32.1. The molecule has 2 heteroatoms. The Morgan fingerprint density at radius 3 is 1.71 bits per heavy atom. The molecule has 11 rings (SSSR count). The molecule has 8 aromatic carbocycles. The van der Waals surface area contributed by atoms with Gasteiger partial charge in [0.15, 0.2) is 0 Å². The van der Waals surface area contributed by atoms with Crippen molar-refractivity contribution in [3.8, 4) is 44.5 Å². The van der Waals surface area contributed by atoms with Gasteiger partial charge in [0.05, 0.1) is 5.69 Å². The van der Waals surface area contributed by atoms with Crippen molar-refractivity contribution in [2.45, 2.75) is 38.5 Å². The summed E-state index contributed by atoms with van der Waals surface area (Å²) in [4.78, 5) is 2.47. The summed E-state index contributed by atoms with van der Waals surface area (Å²) in [7, 11) is 0. The van der Waals surface area contributed by atoms with E-state index in [4.69, 9.17) is 4.42 Å². The molecule has 0 atom stereocenters. The van der Waals surface area contributed by atoms with Crippen molar-refractivity contribution >= 4 is 39.0 Å². The van der Waals surface area contributed by atoms with Crippen LogP contribution < -0.4 is 4.90 Å². The SMILES string of the molecule is CC1(C)c2ccccc2-c2c(-c3cccc(N(c4ccc(-c5ccc6oc7ccccc7c6c5)cc4)c4cccc5c4-c4ccccc4C5(C)C)c3)cccc21. The minimum absolute atomic E-state index is 0.0621. The molecule has 0 unspecified atom stereocenters. The van der Waals surface area contributed by atoms with E-state index in [1.807, 2.05) is 12.1 Å². The van der Waals surface area contributed by atoms with Gasteiger partial charge in [0.25, 0.3) is 0 Å². The number of fused-ring (bicyclic) bond motifs is 9. The van der Waals surface area contributed by atoms with Gasteiger partial charge in [-0.15, -0.1) is 0 Å². The molecule has 9 aromatic rings. The minimum atomic E-state index is -0.111. The first-order valence-electron chi connectivity index (χ1n) is 19.7. The monoisotopic (exact) mass is 719 g/mol. The van der Waals surface area contributed by atoms with Crippen LogP contribution in [0.15, 0.2) is 180 Å². The zero-order valence-electron chi connectivity index (χ0n) is 32.1. The van der Waals surface area contributed by atoms with Crippen molar-refractivity contribution in [2.24, 2.45) is 0 Å². The van der Waals surface area contributed by atoms with Crippen LogP contribution >= 0.6 is 0 Å². The number of anilines is 3. The lowest BCUT2D eigenvalue weighted by Gasteiger charge is -2.29. The van der Waals surface area contributed by atoms with Crippen molar-refractivity contribution < 1.29 is 4.42 Å². The van der Waals surface area contributed by atoms with Crippen molar-refractivity contribution in [2.75, 3.05) is 4.90 Å². The Balaban J connectivity index is 1.09. The highest BCUT2D eigenvalue weighted by Crippen LogP contribution is 2.55. The first-order valence-corrected chi connectivity index (χ1v) is 19.7. The zero-order chi connectivity index (χ0) is 37.8. The smallest absolute Gasteiger partial charge is 0.135 e. The quantitative estimate of drug-likeness (QED) is 0.176. The van der Waals surface area contributed by atoms with Gasteiger partial charge in [0.2, 0.25) is 0 Å². The average molecular weight is 720 g/mol. The van der Waals surface area contributed by atoms with Crippen molar-refractivity contribution in [1.82, 2.24) is 0 Å². The molecule has 0 amide bonds. The lowest BCUT2D eigenvalue weighted by Crippen LogP contribution is -2.16. The van der Waals surface area contributed by atoms with Gasteiger partial charge in [-0.25, -0.2) is 0 Å². The van der Waals surface area contributed by atoms with Gasteiger partial charge in [-0.3, -0.25) is 0 Å². The first kappa shape index (κ1) is 32.8. The van der Waals surface area contributed by atoms with Gasteiger partial charge in [-0.2, -0.15) is 0 Å². The molecule has 0 bridgehead atoms. The maximum absolute atomic E-state index is 6.15. The summed E-state index contributed by atoms with van der Waals surface area (Å²) in [5, 5.41) is 2.28. The van der Waals surface area contributed by atoms with Gasteiger partial charge in [-0.05, 0) is 110 Å². The van der Waals surface area contributed by atoms with E-state index >= 15 is 0 Å². The standard InChI is InChI=1S/C54H41NO/c1-53(2)44-20-8-5-17-41(44)51-39(19-12-22-46(51)53)36-14-11-15-38(32-36)55(48-24-13-23-47-52(48)42-18-6-9-21-45(42)54(47,3)4)37-29-26-34(27-30-37)35-28-31-50-43(33-35)40-16-7-10-25-49(40)56-50/h5-33H,1-4H3. The third kappa shape index (κ3) is 4.69. The van der Waals surface area contributed by atoms with Crippen molar-refractivity contribution in [3.05, 3.63) is 198 Å². The van der Waals surface area contributed by atoms with Crippen LogP contribution in [0.5, 0.6) is 0 Å². The molecule has 56 heavy (non-hydrogen) atoms. The molecule has 1 heterocycles. The molecule has 0 radical (unpaired) electrons. The van der Waals surface area contributed by atoms with Crippen LogP contribution in [0, 0.1) is 0 Å². The summed E-state index contributed by atoms with van der Waals surface area (Å²) in [6, 6.07) is 64.7. The van der Waals surface area contributed by atoms with E-state index in [1.165, 1.54) is 72.4 Å². The van der Waals surface area contributed by atoms with Gasteiger partial charge in [0, 0.05) is 38.5 Å². The van der Waals surface area contributed by atoms with Gasteiger partial charge in [0.1, 0.15) is 11.2 Å². The summed E-state index contributed by atoms with van der Waals surface area (Å²) in [6.07, 6.45) is 0. The fourth-order valence-corrected chi connectivity index (χ4v) is 9.87. The maximum Gasteiger partial charge on any atom is 0.135 e. The molecule has 1 aromatic heterocycles. The fraction of sp³-hybridized carbons (Fsp3) is 0.111.